The minimum Gasteiger partial charge on any atom is -0.376 e. The van der Waals surface area contributed by atoms with Crippen LogP contribution >= 0.6 is 11.3 Å². The van der Waals surface area contributed by atoms with Gasteiger partial charge in [0.2, 0.25) is 0 Å². The summed E-state index contributed by atoms with van der Waals surface area (Å²) in [6.45, 7) is 1.50. The Bertz CT molecular complexity index is 425. The molecule has 1 aromatic rings. The third-order valence-corrected chi connectivity index (χ3v) is 5.22. The molecule has 2 heterocycles. The molecule has 0 spiro atoms. The van der Waals surface area contributed by atoms with Crippen LogP contribution in [0, 0.1) is 0 Å². The number of ether oxygens (including phenoxy) is 1. The molecule has 1 fully saturated rings. The number of fused-ring (bicyclic) bond motifs is 1. The largest absolute Gasteiger partial charge is 0.376 e. The second-order valence-corrected chi connectivity index (χ2v) is 6.60. The number of hydrogen-bond donors (Lipinski definition) is 1. The molecule has 104 valence electrons. The van der Waals surface area contributed by atoms with Gasteiger partial charge in [-0.3, -0.25) is 4.79 Å². The van der Waals surface area contributed by atoms with Gasteiger partial charge in [-0.15, -0.1) is 11.3 Å². The van der Waals surface area contributed by atoms with Crippen LogP contribution < -0.4 is 5.32 Å². The van der Waals surface area contributed by atoms with Gasteiger partial charge in [-0.1, -0.05) is 6.42 Å². The number of thiophene rings is 1. The van der Waals surface area contributed by atoms with E-state index < -0.39 is 0 Å². The van der Waals surface area contributed by atoms with Crippen molar-refractivity contribution in [1.82, 2.24) is 5.32 Å². The summed E-state index contributed by atoms with van der Waals surface area (Å²) in [5, 5.41) is 3.01. The number of carbonyl (C=O) groups is 1. The highest BCUT2D eigenvalue weighted by molar-refractivity contribution is 7.14. The Morgan fingerprint density at radius 2 is 2.21 bits per heavy atom. The maximum Gasteiger partial charge on any atom is 0.261 e. The number of carbonyl (C=O) groups excluding carboxylic acids is 1. The molecule has 0 aromatic carbocycles. The van der Waals surface area contributed by atoms with Crippen molar-refractivity contribution in [2.45, 2.75) is 51.0 Å². The van der Waals surface area contributed by atoms with Crippen LogP contribution in [-0.2, 0) is 17.6 Å². The summed E-state index contributed by atoms with van der Waals surface area (Å²) < 4.78 is 5.53. The van der Waals surface area contributed by atoms with Gasteiger partial charge >= 0.3 is 0 Å². The second-order valence-electron chi connectivity index (χ2n) is 5.46. The Kier molecular flexibility index (Phi) is 4.18. The van der Waals surface area contributed by atoms with E-state index in [1.165, 1.54) is 29.7 Å². The summed E-state index contributed by atoms with van der Waals surface area (Å²) >= 11 is 1.69. The lowest BCUT2D eigenvalue weighted by Gasteiger charge is -2.09. The van der Waals surface area contributed by atoms with Crippen molar-refractivity contribution < 1.29 is 9.53 Å². The van der Waals surface area contributed by atoms with E-state index in [2.05, 4.69) is 11.4 Å². The van der Waals surface area contributed by atoms with Crippen molar-refractivity contribution in [3.8, 4) is 0 Å². The molecule has 1 aliphatic carbocycles. The third kappa shape index (κ3) is 3.18. The van der Waals surface area contributed by atoms with Gasteiger partial charge in [0, 0.05) is 18.0 Å². The molecule has 4 heteroatoms. The molecule has 3 nitrogen and oxygen atoms in total. The average Bonchev–Trinajstić information content (AvgIpc) is 3.02. The molecule has 1 aromatic heterocycles. The molecule has 1 amide bonds. The van der Waals surface area contributed by atoms with Gasteiger partial charge in [0.15, 0.2) is 0 Å². The summed E-state index contributed by atoms with van der Waals surface area (Å²) in [6.07, 6.45) is 8.56. The van der Waals surface area contributed by atoms with Crippen LogP contribution in [0.4, 0.5) is 0 Å². The maximum absolute atomic E-state index is 12.1. The molecule has 1 aliphatic heterocycles. The average molecular weight is 279 g/mol. The quantitative estimate of drug-likeness (QED) is 0.864. The van der Waals surface area contributed by atoms with Crippen molar-refractivity contribution in [3.05, 3.63) is 21.4 Å². The second kappa shape index (κ2) is 6.06. The Morgan fingerprint density at radius 3 is 3.05 bits per heavy atom. The highest BCUT2D eigenvalue weighted by atomic mass is 32.1. The minimum atomic E-state index is 0.0774. The van der Waals surface area contributed by atoms with Crippen LogP contribution in [0.2, 0.25) is 0 Å². The first kappa shape index (κ1) is 13.1. The fourth-order valence-electron chi connectivity index (χ4n) is 2.88. The molecule has 0 bridgehead atoms. The molecule has 19 heavy (non-hydrogen) atoms. The molecule has 3 rings (SSSR count). The van der Waals surface area contributed by atoms with Crippen LogP contribution in [0.25, 0.3) is 0 Å². The van der Waals surface area contributed by atoms with Crippen LogP contribution in [0.3, 0.4) is 0 Å². The summed E-state index contributed by atoms with van der Waals surface area (Å²) in [5.41, 5.74) is 1.41. The Hall–Kier alpha value is -0.870. The van der Waals surface area contributed by atoms with E-state index in [0.717, 1.165) is 37.2 Å². The minimum absolute atomic E-state index is 0.0774. The third-order valence-electron chi connectivity index (χ3n) is 3.98. The van der Waals surface area contributed by atoms with E-state index >= 15 is 0 Å². The summed E-state index contributed by atoms with van der Waals surface area (Å²) in [6, 6.07) is 2.11. The fourth-order valence-corrected chi connectivity index (χ4v) is 4.05. The zero-order chi connectivity index (χ0) is 13.1. The van der Waals surface area contributed by atoms with Gasteiger partial charge in [0.25, 0.3) is 5.91 Å². The topological polar surface area (TPSA) is 38.3 Å². The summed E-state index contributed by atoms with van der Waals surface area (Å²) in [5.74, 6) is 0.0774. The lowest BCUT2D eigenvalue weighted by atomic mass is 10.1. The molecular weight excluding hydrogens is 258 g/mol. The van der Waals surface area contributed by atoms with Gasteiger partial charge in [-0.25, -0.2) is 0 Å². The van der Waals surface area contributed by atoms with Crippen LogP contribution in [0.5, 0.6) is 0 Å². The predicted octanol–water partition coefficient (Wildman–Crippen LogP) is 2.93. The van der Waals surface area contributed by atoms with E-state index in [1.807, 2.05) is 0 Å². The first-order chi connectivity index (χ1) is 9.33. The molecule has 0 unspecified atom stereocenters. The number of amides is 1. The molecule has 0 saturated carbocycles. The number of rotatable bonds is 3. The lowest BCUT2D eigenvalue weighted by Crippen LogP contribution is -2.31. The van der Waals surface area contributed by atoms with Crippen LogP contribution in [-0.4, -0.2) is 25.2 Å². The Balaban J connectivity index is 1.60. The van der Waals surface area contributed by atoms with Crippen molar-refractivity contribution >= 4 is 17.2 Å². The Morgan fingerprint density at radius 1 is 1.32 bits per heavy atom. The zero-order valence-electron chi connectivity index (χ0n) is 11.2. The first-order valence-corrected chi connectivity index (χ1v) is 8.16. The molecule has 1 N–H and O–H groups in total. The van der Waals surface area contributed by atoms with Crippen molar-refractivity contribution in [1.29, 1.82) is 0 Å². The molecular formula is C15H21NO2S. The van der Waals surface area contributed by atoms with Gasteiger partial charge in [0.1, 0.15) is 0 Å². The normalized spacial score (nSPS) is 22.8. The smallest absolute Gasteiger partial charge is 0.261 e. The summed E-state index contributed by atoms with van der Waals surface area (Å²) in [4.78, 5) is 14.5. The predicted molar refractivity (Wildman–Crippen MR) is 76.9 cm³/mol. The number of nitrogens with one attached hydrogen (secondary N) is 1. The van der Waals surface area contributed by atoms with Crippen molar-refractivity contribution in [3.63, 3.8) is 0 Å². The van der Waals surface area contributed by atoms with E-state index in [1.54, 1.807) is 11.3 Å². The lowest BCUT2D eigenvalue weighted by molar-refractivity contribution is 0.0861. The SMILES string of the molecule is O=C(NC[C@@H]1CCCO1)c1cc2c(s1)CCCCC2. The molecule has 1 atom stereocenters. The molecule has 1 saturated heterocycles. The number of hydrogen-bond acceptors (Lipinski definition) is 3. The highest BCUT2D eigenvalue weighted by Crippen LogP contribution is 2.28. The van der Waals surface area contributed by atoms with E-state index in [4.69, 9.17) is 4.74 Å². The van der Waals surface area contributed by atoms with E-state index in [9.17, 15) is 4.79 Å². The highest BCUT2D eigenvalue weighted by Gasteiger charge is 2.19. The van der Waals surface area contributed by atoms with Gasteiger partial charge < -0.3 is 10.1 Å². The monoisotopic (exact) mass is 279 g/mol. The number of aryl methyl sites for hydroxylation is 2. The van der Waals surface area contributed by atoms with Crippen LogP contribution in [0.1, 0.15) is 52.2 Å². The fraction of sp³-hybridized carbons (Fsp3) is 0.667. The van der Waals surface area contributed by atoms with Crippen molar-refractivity contribution in [2.75, 3.05) is 13.2 Å². The van der Waals surface area contributed by atoms with Gasteiger partial charge in [0.05, 0.1) is 11.0 Å². The van der Waals surface area contributed by atoms with Gasteiger partial charge in [-0.2, -0.15) is 0 Å². The van der Waals surface area contributed by atoms with Crippen molar-refractivity contribution in [2.24, 2.45) is 0 Å². The Labute approximate surface area is 118 Å². The first-order valence-electron chi connectivity index (χ1n) is 7.34. The van der Waals surface area contributed by atoms with E-state index in [0.29, 0.717) is 6.54 Å². The zero-order valence-corrected chi connectivity index (χ0v) is 12.1. The van der Waals surface area contributed by atoms with E-state index in [-0.39, 0.29) is 12.0 Å². The summed E-state index contributed by atoms with van der Waals surface area (Å²) in [7, 11) is 0. The molecule has 2 aliphatic rings. The molecule has 0 radical (unpaired) electrons. The van der Waals surface area contributed by atoms with Gasteiger partial charge in [-0.05, 0) is 50.2 Å². The van der Waals surface area contributed by atoms with Crippen LogP contribution in [0.15, 0.2) is 6.07 Å². The maximum atomic E-state index is 12.1. The standard InChI is InChI=1S/C15H21NO2S/c17-15(16-10-12-6-4-8-18-12)14-9-11-5-2-1-3-7-13(11)19-14/h9,12H,1-8,10H2,(H,16,17)/t12-/m0/s1.